The molecule has 2 nitrogen and oxygen atoms in total. The van der Waals surface area contributed by atoms with E-state index in [1.165, 1.54) is 0 Å². The SMILES string of the molecule is Cc1cc(C)c(O)c(C(c2cc(C)cc(C)c2O)C2CC=CCC2)c1. The largest absolute Gasteiger partial charge is 0.507 e. The van der Waals surface area contributed by atoms with Crippen LogP contribution in [0.4, 0.5) is 0 Å². The van der Waals surface area contributed by atoms with Crippen LogP contribution in [0.25, 0.3) is 0 Å². The van der Waals surface area contributed by atoms with Crippen molar-refractivity contribution in [3.05, 3.63) is 69.8 Å². The second-order valence-corrected chi connectivity index (χ2v) is 7.56. The second-order valence-electron chi connectivity index (χ2n) is 7.56. The summed E-state index contributed by atoms with van der Waals surface area (Å²) in [4.78, 5) is 0. The van der Waals surface area contributed by atoms with E-state index < -0.39 is 0 Å². The van der Waals surface area contributed by atoms with Gasteiger partial charge in [0.15, 0.2) is 0 Å². The summed E-state index contributed by atoms with van der Waals surface area (Å²) in [6, 6.07) is 8.20. The maximum absolute atomic E-state index is 10.8. The fourth-order valence-electron chi connectivity index (χ4n) is 4.26. The number of aryl methyl sites for hydroxylation is 4. The number of allylic oxidation sites excluding steroid dienone is 2. The third-order valence-electron chi connectivity index (χ3n) is 5.40. The molecule has 2 aromatic rings. The molecule has 1 atom stereocenters. The average Bonchev–Trinajstić information content (AvgIpc) is 2.57. The van der Waals surface area contributed by atoms with Crippen molar-refractivity contribution in [3.63, 3.8) is 0 Å². The molecule has 3 rings (SSSR count). The van der Waals surface area contributed by atoms with Crippen LogP contribution in [0.3, 0.4) is 0 Å². The lowest BCUT2D eigenvalue weighted by atomic mass is 9.73. The predicted molar refractivity (Wildman–Crippen MR) is 103 cm³/mol. The van der Waals surface area contributed by atoms with Crippen LogP contribution in [0.1, 0.15) is 58.6 Å². The molecule has 0 saturated carbocycles. The van der Waals surface area contributed by atoms with Gasteiger partial charge in [-0.15, -0.1) is 0 Å². The highest BCUT2D eigenvalue weighted by atomic mass is 16.3. The van der Waals surface area contributed by atoms with E-state index in [0.29, 0.717) is 17.4 Å². The van der Waals surface area contributed by atoms with Gasteiger partial charge in [0.1, 0.15) is 11.5 Å². The van der Waals surface area contributed by atoms with Gasteiger partial charge in [0, 0.05) is 17.0 Å². The normalized spacial score (nSPS) is 17.2. The third-order valence-corrected chi connectivity index (χ3v) is 5.40. The number of hydrogen-bond donors (Lipinski definition) is 2. The van der Waals surface area contributed by atoms with E-state index in [1.807, 2.05) is 26.0 Å². The lowest BCUT2D eigenvalue weighted by Crippen LogP contribution is -2.17. The van der Waals surface area contributed by atoms with Crippen LogP contribution in [-0.2, 0) is 0 Å². The molecule has 1 aliphatic rings. The number of hydrogen-bond acceptors (Lipinski definition) is 2. The van der Waals surface area contributed by atoms with E-state index in [1.54, 1.807) is 0 Å². The van der Waals surface area contributed by atoms with Gasteiger partial charge in [-0.3, -0.25) is 0 Å². The zero-order valence-electron chi connectivity index (χ0n) is 15.6. The number of benzene rings is 2. The van der Waals surface area contributed by atoms with E-state index in [-0.39, 0.29) is 5.92 Å². The maximum atomic E-state index is 10.8. The first-order valence-corrected chi connectivity index (χ1v) is 9.13. The number of phenolic OH excluding ortho intramolecular Hbond substituents is 2. The number of phenols is 2. The molecule has 2 N–H and O–H groups in total. The van der Waals surface area contributed by atoms with Crippen molar-refractivity contribution in [2.45, 2.75) is 52.9 Å². The lowest BCUT2D eigenvalue weighted by molar-refractivity contribution is 0.390. The molecule has 0 saturated heterocycles. The summed E-state index contributed by atoms with van der Waals surface area (Å²) < 4.78 is 0. The summed E-state index contributed by atoms with van der Waals surface area (Å²) in [7, 11) is 0. The van der Waals surface area contributed by atoms with Crippen molar-refractivity contribution in [1.29, 1.82) is 0 Å². The molecule has 0 fully saturated rings. The summed E-state index contributed by atoms with van der Waals surface area (Å²) in [5.74, 6) is 1.11. The van der Waals surface area contributed by atoms with Crippen molar-refractivity contribution < 1.29 is 10.2 Å². The minimum atomic E-state index is 0.00199. The van der Waals surface area contributed by atoms with Gasteiger partial charge in [-0.05, 0) is 64.0 Å². The van der Waals surface area contributed by atoms with Crippen LogP contribution >= 0.6 is 0 Å². The van der Waals surface area contributed by atoms with Crippen molar-refractivity contribution >= 4 is 0 Å². The Morgan fingerprint density at radius 2 is 1.32 bits per heavy atom. The van der Waals surface area contributed by atoms with E-state index in [0.717, 1.165) is 52.6 Å². The Balaban J connectivity index is 2.23. The number of rotatable bonds is 3. The summed E-state index contributed by atoms with van der Waals surface area (Å²) in [5, 5.41) is 21.6. The standard InChI is InChI=1S/C23H28O2/c1-14-10-16(3)22(24)19(12-14)21(18-8-6-5-7-9-18)20-13-15(2)11-17(4)23(20)25/h5-6,10-13,18,21,24-25H,7-9H2,1-4H3. The highest BCUT2D eigenvalue weighted by Gasteiger charge is 2.30. The highest BCUT2D eigenvalue weighted by Crippen LogP contribution is 2.46. The molecule has 0 bridgehead atoms. The predicted octanol–water partition coefficient (Wildman–Crippen LogP) is 5.82. The Hall–Kier alpha value is -2.22. The molecule has 2 aromatic carbocycles. The number of aromatic hydroxyl groups is 2. The monoisotopic (exact) mass is 336 g/mol. The Morgan fingerprint density at radius 3 is 1.76 bits per heavy atom. The quantitative estimate of drug-likeness (QED) is 0.693. The van der Waals surface area contributed by atoms with E-state index in [9.17, 15) is 10.2 Å². The lowest BCUT2D eigenvalue weighted by Gasteiger charge is -2.31. The van der Waals surface area contributed by atoms with Gasteiger partial charge >= 0.3 is 0 Å². The molecule has 25 heavy (non-hydrogen) atoms. The molecule has 0 amide bonds. The molecule has 0 radical (unpaired) electrons. The zero-order valence-corrected chi connectivity index (χ0v) is 15.6. The smallest absolute Gasteiger partial charge is 0.122 e. The van der Waals surface area contributed by atoms with Crippen LogP contribution in [-0.4, -0.2) is 10.2 Å². The molecule has 0 aliphatic heterocycles. The Bertz CT molecular complexity index is 760. The molecule has 1 unspecified atom stereocenters. The summed E-state index contributed by atoms with van der Waals surface area (Å²) in [6.07, 6.45) is 7.57. The van der Waals surface area contributed by atoms with Gasteiger partial charge in [0.05, 0.1) is 0 Å². The fraction of sp³-hybridized carbons (Fsp3) is 0.391. The van der Waals surface area contributed by atoms with Gasteiger partial charge in [-0.2, -0.15) is 0 Å². The van der Waals surface area contributed by atoms with E-state index in [4.69, 9.17) is 0 Å². The minimum Gasteiger partial charge on any atom is -0.507 e. The molecule has 0 heterocycles. The fourth-order valence-corrected chi connectivity index (χ4v) is 4.26. The van der Waals surface area contributed by atoms with Gasteiger partial charge in [0.2, 0.25) is 0 Å². The third kappa shape index (κ3) is 3.44. The first kappa shape index (κ1) is 17.6. The molecular formula is C23H28O2. The van der Waals surface area contributed by atoms with Crippen molar-refractivity contribution in [2.24, 2.45) is 5.92 Å². The van der Waals surface area contributed by atoms with Crippen molar-refractivity contribution in [1.82, 2.24) is 0 Å². The highest BCUT2D eigenvalue weighted by molar-refractivity contribution is 5.53. The van der Waals surface area contributed by atoms with Gasteiger partial charge in [-0.25, -0.2) is 0 Å². The first-order valence-electron chi connectivity index (χ1n) is 9.13. The molecule has 132 valence electrons. The van der Waals surface area contributed by atoms with Crippen LogP contribution < -0.4 is 0 Å². The summed E-state index contributed by atoms with van der Waals surface area (Å²) >= 11 is 0. The maximum Gasteiger partial charge on any atom is 0.122 e. The van der Waals surface area contributed by atoms with Crippen molar-refractivity contribution in [2.75, 3.05) is 0 Å². The Morgan fingerprint density at radius 1 is 0.800 bits per heavy atom. The van der Waals surface area contributed by atoms with E-state index in [2.05, 4.69) is 38.1 Å². The van der Waals surface area contributed by atoms with E-state index >= 15 is 0 Å². The van der Waals surface area contributed by atoms with Gasteiger partial charge in [0.25, 0.3) is 0 Å². The molecule has 1 aliphatic carbocycles. The van der Waals surface area contributed by atoms with Crippen LogP contribution in [0.5, 0.6) is 11.5 Å². The van der Waals surface area contributed by atoms with Gasteiger partial charge < -0.3 is 10.2 Å². The summed E-state index contributed by atoms with van der Waals surface area (Å²) in [5.41, 5.74) is 5.97. The Kier molecular flexibility index (Phi) is 4.89. The molecular weight excluding hydrogens is 308 g/mol. The molecule has 0 aromatic heterocycles. The van der Waals surface area contributed by atoms with Crippen LogP contribution in [0.15, 0.2) is 36.4 Å². The van der Waals surface area contributed by atoms with Crippen LogP contribution in [0.2, 0.25) is 0 Å². The first-order chi connectivity index (χ1) is 11.9. The molecule has 2 heteroatoms. The van der Waals surface area contributed by atoms with Crippen molar-refractivity contribution in [3.8, 4) is 11.5 Å². The van der Waals surface area contributed by atoms with Crippen LogP contribution in [0, 0.1) is 33.6 Å². The van der Waals surface area contributed by atoms with Gasteiger partial charge in [-0.1, -0.05) is 47.5 Å². The summed E-state index contributed by atoms with van der Waals surface area (Å²) in [6.45, 7) is 8.03. The minimum absolute atomic E-state index is 0.00199. The topological polar surface area (TPSA) is 40.5 Å². The molecule has 0 spiro atoms. The average molecular weight is 336 g/mol. The zero-order chi connectivity index (χ0) is 18.1. The second kappa shape index (κ2) is 6.95. The Labute approximate surface area is 150 Å².